The minimum Gasteiger partial charge on any atom is -0.393 e. The second kappa shape index (κ2) is 5.93. The third kappa shape index (κ3) is 3.27. The van der Waals surface area contributed by atoms with E-state index in [-0.39, 0.29) is 16.7 Å². The quantitative estimate of drug-likeness (QED) is 0.456. The van der Waals surface area contributed by atoms with Crippen molar-refractivity contribution in [1.82, 2.24) is 5.32 Å². The Morgan fingerprint density at radius 3 is 2.78 bits per heavy atom. The molecule has 0 aromatic heterocycles. The molecule has 0 aliphatic heterocycles. The van der Waals surface area contributed by atoms with Crippen molar-refractivity contribution in [2.45, 2.75) is 25.4 Å². The van der Waals surface area contributed by atoms with Crippen LogP contribution in [0.25, 0.3) is 0 Å². The topological polar surface area (TPSA) is 75.4 Å². The molecule has 2 N–H and O–H groups in total. The molecule has 5 nitrogen and oxygen atoms in total. The molecule has 0 radical (unpaired) electrons. The molecule has 18 heavy (non-hydrogen) atoms. The molecular formula is C13H18N2O3. The third-order valence-electron chi connectivity index (χ3n) is 3.40. The lowest BCUT2D eigenvalue weighted by molar-refractivity contribution is -0.385. The zero-order valence-electron chi connectivity index (χ0n) is 10.2. The molecule has 5 heteroatoms. The van der Waals surface area contributed by atoms with Gasteiger partial charge in [0, 0.05) is 11.6 Å². The van der Waals surface area contributed by atoms with Crippen molar-refractivity contribution in [3.8, 4) is 0 Å². The van der Waals surface area contributed by atoms with Gasteiger partial charge in [0.2, 0.25) is 0 Å². The zero-order chi connectivity index (χ0) is 13.0. The largest absolute Gasteiger partial charge is 0.393 e. The smallest absolute Gasteiger partial charge is 0.272 e. The van der Waals surface area contributed by atoms with Crippen LogP contribution in [0.15, 0.2) is 24.3 Å². The molecule has 0 unspecified atom stereocenters. The highest BCUT2D eigenvalue weighted by Crippen LogP contribution is 2.26. The summed E-state index contributed by atoms with van der Waals surface area (Å²) in [5.41, 5.74) is 0.960. The summed E-state index contributed by atoms with van der Waals surface area (Å²) >= 11 is 0. The summed E-state index contributed by atoms with van der Waals surface area (Å²) in [4.78, 5) is 10.5. The minimum atomic E-state index is -0.336. The standard InChI is InChI=1S/C13H18N2O3/c16-12-7-10(8-12)9-14-6-5-11-3-1-2-4-13(11)15(17)18/h1-4,10,12,14,16H,5-9H2. The number of nitrogens with one attached hydrogen (secondary N) is 1. The maximum Gasteiger partial charge on any atom is 0.272 e. The van der Waals surface area contributed by atoms with Crippen LogP contribution >= 0.6 is 0 Å². The summed E-state index contributed by atoms with van der Waals surface area (Å²) in [6, 6.07) is 6.85. The van der Waals surface area contributed by atoms with E-state index in [4.69, 9.17) is 5.11 Å². The molecule has 1 aliphatic rings. The van der Waals surface area contributed by atoms with E-state index in [2.05, 4.69) is 5.32 Å². The molecule has 98 valence electrons. The number of hydrogen-bond donors (Lipinski definition) is 2. The molecule has 1 aromatic rings. The Hall–Kier alpha value is -1.46. The first-order chi connectivity index (χ1) is 8.66. The number of nitrogens with zero attached hydrogens (tertiary/aromatic N) is 1. The van der Waals surface area contributed by atoms with Crippen molar-refractivity contribution >= 4 is 5.69 Å². The normalized spacial score (nSPS) is 22.5. The van der Waals surface area contributed by atoms with Crippen LogP contribution < -0.4 is 5.32 Å². The van der Waals surface area contributed by atoms with Gasteiger partial charge in [-0.1, -0.05) is 18.2 Å². The van der Waals surface area contributed by atoms with Gasteiger partial charge in [0.25, 0.3) is 5.69 Å². The number of nitro groups is 1. The van der Waals surface area contributed by atoms with E-state index < -0.39 is 0 Å². The Morgan fingerprint density at radius 1 is 1.39 bits per heavy atom. The first kappa shape index (κ1) is 13.0. The lowest BCUT2D eigenvalue weighted by Crippen LogP contribution is -2.36. The predicted octanol–water partition coefficient (Wildman–Crippen LogP) is 1.50. The zero-order valence-corrected chi connectivity index (χ0v) is 10.2. The van der Waals surface area contributed by atoms with Gasteiger partial charge in [-0.3, -0.25) is 10.1 Å². The molecule has 1 fully saturated rings. The third-order valence-corrected chi connectivity index (χ3v) is 3.40. The number of aliphatic hydroxyl groups excluding tert-OH is 1. The highest BCUT2D eigenvalue weighted by Gasteiger charge is 2.26. The minimum absolute atomic E-state index is 0.119. The van der Waals surface area contributed by atoms with Gasteiger partial charge in [-0.25, -0.2) is 0 Å². The average Bonchev–Trinajstić information content (AvgIpc) is 2.32. The van der Waals surface area contributed by atoms with Crippen LogP contribution in [0.2, 0.25) is 0 Å². The summed E-state index contributed by atoms with van der Waals surface area (Å²) in [6.07, 6.45) is 2.29. The number of aliphatic hydroxyl groups is 1. The van der Waals surface area contributed by atoms with Gasteiger partial charge in [-0.2, -0.15) is 0 Å². The van der Waals surface area contributed by atoms with Crippen LogP contribution in [0.5, 0.6) is 0 Å². The highest BCUT2D eigenvalue weighted by atomic mass is 16.6. The van der Waals surface area contributed by atoms with E-state index >= 15 is 0 Å². The van der Waals surface area contributed by atoms with Gasteiger partial charge in [-0.15, -0.1) is 0 Å². The number of rotatable bonds is 6. The van der Waals surface area contributed by atoms with Crippen molar-refractivity contribution in [1.29, 1.82) is 0 Å². The van der Waals surface area contributed by atoms with Crippen LogP contribution in [0.4, 0.5) is 5.69 Å². The molecule has 0 bridgehead atoms. The first-order valence-electron chi connectivity index (χ1n) is 6.28. The molecule has 2 rings (SSSR count). The maximum absolute atomic E-state index is 10.8. The van der Waals surface area contributed by atoms with E-state index in [0.29, 0.717) is 12.3 Å². The Balaban J connectivity index is 1.74. The number of nitro benzene ring substituents is 1. The molecule has 1 aromatic carbocycles. The van der Waals surface area contributed by atoms with E-state index in [1.165, 1.54) is 6.07 Å². The molecule has 1 aliphatic carbocycles. The lowest BCUT2D eigenvalue weighted by atomic mass is 9.82. The highest BCUT2D eigenvalue weighted by molar-refractivity contribution is 5.39. The van der Waals surface area contributed by atoms with Crippen molar-refractivity contribution < 1.29 is 10.0 Å². The average molecular weight is 250 g/mol. The van der Waals surface area contributed by atoms with Crippen LogP contribution in [0.1, 0.15) is 18.4 Å². The Bertz CT molecular complexity index is 416. The van der Waals surface area contributed by atoms with Crippen LogP contribution in [-0.4, -0.2) is 29.2 Å². The molecule has 0 heterocycles. The fraction of sp³-hybridized carbons (Fsp3) is 0.538. The summed E-state index contributed by atoms with van der Waals surface area (Å²) < 4.78 is 0. The van der Waals surface area contributed by atoms with E-state index in [9.17, 15) is 10.1 Å². The van der Waals surface area contributed by atoms with Crippen molar-refractivity contribution in [3.63, 3.8) is 0 Å². The van der Waals surface area contributed by atoms with Gasteiger partial charge in [-0.05, 0) is 38.3 Å². The maximum atomic E-state index is 10.8. The van der Waals surface area contributed by atoms with Gasteiger partial charge in [0.1, 0.15) is 0 Å². The lowest BCUT2D eigenvalue weighted by Gasteiger charge is -2.31. The van der Waals surface area contributed by atoms with E-state index in [1.54, 1.807) is 12.1 Å². The number of para-hydroxylation sites is 1. The van der Waals surface area contributed by atoms with Crippen LogP contribution in [-0.2, 0) is 6.42 Å². The predicted molar refractivity (Wildman–Crippen MR) is 68.4 cm³/mol. The molecular weight excluding hydrogens is 232 g/mol. The van der Waals surface area contributed by atoms with Gasteiger partial charge < -0.3 is 10.4 Å². The molecule has 1 saturated carbocycles. The van der Waals surface area contributed by atoms with E-state index in [0.717, 1.165) is 31.5 Å². The SMILES string of the molecule is O=[N+]([O-])c1ccccc1CCNCC1CC(O)C1. The van der Waals surface area contributed by atoms with Crippen LogP contribution in [0, 0.1) is 16.0 Å². The number of benzene rings is 1. The molecule has 0 spiro atoms. The second-order valence-electron chi connectivity index (χ2n) is 4.83. The van der Waals surface area contributed by atoms with Gasteiger partial charge in [0.05, 0.1) is 11.0 Å². The summed E-state index contributed by atoms with van der Waals surface area (Å²) in [5, 5.41) is 23.2. The summed E-state index contributed by atoms with van der Waals surface area (Å²) in [5.74, 6) is 0.561. The summed E-state index contributed by atoms with van der Waals surface area (Å²) in [7, 11) is 0. The monoisotopic (exact) mass is 250 g/mol. The molecule has 0 atom stereocenters. The first-order valence-corrected chi connectivity index (χ1v) is 6.28. The fourth-order valence-corrected chi connectivity index (χ4v) is 2.30. The van der Waals surface area contributed by atoms with E-state index in [1.807, 2.05) is 6.07 Å². The second-order valence-corrected chi connectivity index (χ2v) is 4.83. The van der Waals surface area contributed by atoms with Crippen molar-refractivity contribution in [2.75, 3.05) is 13.1 Å². The van der Waals surface area contributed by atoms with Crippen molar-refractivity contribution in [2.24, 2.45) is 5.92 Å². The Kier molecular flexibility index (Phi) is 4.28. The Morgan fingerprint density at radius 2 is 2.11 bits per heavy atom. The van der Waals surface area contributed by atoms with Crippen molar-refractivity contribution in [3.05, 3.63) is 39.9 Å². The Labute approximate surface area is 106 Å². The van der Waals surface area contributed by atoms with Crippen LogP contribution in [0.3, 0.4) is 0 Å². The summed E-state index contributed by atoms with van der Waals surface area (Å²) in [6.45, 7) is 1.62. The van der Waals surface area contributed by atoms with Gasteiger partial charge >= 0.3 is 0 Å². The number of hydrogen-bond acceptors (Lipinski definition) is 4. The molecule has 0 saturated heterocycles. The fourth-order valence-electron chi connectivity index (χ4n) is 2.30. The van der Waals surface area contributed by atoms with Gasteiger partial charge in [0.15, 0.2) is 0 Å². The molecule has 0 amide bonds.